The molecule has 0 aromatic heterocycles. The molecule has 0 bridgehead atoms. The molecule has 0 aliphatic carbocycles. The number of thioether (sulfide) groups is 1. The largest absolute Gasteiger partial charge is 0.347 e. The second-order valence-electron chi connectivity index (χ2n) is 6.18. The number of amides is 3. The lowest BCUT2D eigenvalue weighted by Crippen LogP contribution is -2.38. The molecule has 0 fully saturated rings. The Morgan fingerprint density at radius 1 is 1.18 bits per heavy atom. The third-order valence-corrected chi connectivity index (χ3v) is 6.04. The summed E-state index contributed by atoms with van der Waals surface area (Å²) >= 11 is 13.2. The summed E-state index contributed by atoms with van der Waals surface area (Å²) in [4.78, 5) is 37.3. The smallest absolute Gasteiger partial charge is 0.243 e. The van der Waals surface area contributed by atoms with Gasteiger partial charge in [-0.25, -0.2) is 0 Å². The van der Waals surface area contributed by atoms with Crippen LogP contribution in [0.1, 0.15) is 12.0 Å². The molecule has 146 valence electrons. The third-order valence-electron chi connectivity index (χ3n) is 4.12. The van der Waals surface area contributed by atoms with Gasteiger partial charge in [-0.1, -0.05) is 29.3 Å². The number of carbonyl (C=O) groups is 3. The van der Waals surface area contributed by atoms with Crippen molar-refractivity contribution in [3.05, 3.63) is 52.0 Å². The van der Waals surface area contributed by atoms with E-state index in [-0.39, 0.29) is 30.7 Å². The molecule has 0 saturated carbocycles. The molecule has 1 atom stereocenters. The van der Waals surface area contributed by atoms with E-state index in [1.165, 1.54) is 11.8 Å². The van der Waals surface area contributed by atoms with Gasteiger partial charge in [-0.2, -0.15) is 0 Å². The number of hydrogen-bond acceptors (Lipinski definition) is 4. The van der Waals surface area contributed by atoms with Crippen molar-refractivity contribution in [2.45, 2.75) is 23.5 Å². The molecule has 9 heteroatoms. The van der Waals surface area contributed by atoms with E-state index in [1.807, 2.05) is 0 Å². The first-order chi connectivity index (χ1) is 13.3. The third kappa shape index (κ3) is 4.98. The number of halogens is 2. The average molecular weight is 438 g/mol. The molecule has 1 aliphatic rings. The van der Waals surface area contributed by atoms with Crippen LogP contribution in [0, 0.1) is 6.92 Å². The van der Waals surface area contributed by atoms with Crippen LogP contribution in [0.25, 0.3) is 0 Å². The summed E-state index contributed by atoms with van der Waals surface area (Å²) in [6.45, 7) is 1.59. The van der Waals surface area contributed by atoms with Gasteiger partial charge in [-0.05, 0) is 42.8 Å². The molecule has 2 aromatic carbocycles. The first-order valence-corrected chi connectivity index (χ1v) is 10.1. The first kappa shape index (κ1) is 20.5. The molecule has 6 nitrogen and oxygen atoms in total. The minimum absolute atomic E-state index is 0.0396. The average Bonchev–Trinajstić information content (AvgIpc) is 2.64. The van der Waals surface area contributed by atoms with Crippen LogP contribution in [0.4, 0.5) is 11.4 Å². The standard InChI is InChI=1S/C19H17Cl2N3O3S/c1-10-12(21)3-2-4-13(10)23-18(26)9-22-17(25)8-16-19(27)24-14-7-11(20)5-6-15(14)28-16/h2-7,16H,8-9H2,1H3,(H,22,25)(H,23,26)(H,24,27). The van der Waals surface area contributed by atoms with Crippen molar-refractivity contribution >= 4 is 64.1 Å². The van der Waals surface area contributed by atoms with Gasteiger partial charge in [-0.15, -0.1) is 11.8 Å². The van der Waals surface area contributed by atoms with Crippen LogP contribution in [0.2, 0.25) is 10.0 Å². The lowest BCUT2D eigenvalue weighted by Gasteiger charge is -2.23. The fourth-order valence-corrected chi connectivity index (χ4v) is 4.05. The van der Waals surface area contributed by atoms with E-state index >= 15 is 0 Å². The number of benzene rings is 2. The first-order valence-electron chi connectivity index (χ1n) is 8.42. The van der Waals surface area contributed by atoms with Gasteiger partial charge in [0, 0.05) is 27.0 Å². The monoisotopic (exact) mass is 437 g/mol. The van der Waals surface area contributed by atoms with E-state index in [4.69, 9.17) is 23.2 Å². The molecule has 28 heavy (non-hydrogen) atoms. The van der Waals surface area contributed by atoms with Crippen molar-refractivity contribution < 1.29 is 14.4 Å². The Kier molecular flexibility index (Phi) is 6.49. The molecule has 0 radical (unpaired) electrons. The molecular formula is C19H17Cl2N3O3S. The van der Waals surface area contributed by atoms with Crippen molar-refractivity contribution in [2.24, 2.45) is 0 Å². The van der Waals surface area contributed by atoms with E-state index in [0.29, 0.717) is 21.4 Å². The van der Waals surface area contributed by atoms with Gasteiger partial charge in [-0.3, -0.25) is 14.4 Å². The van der Waals surface area contributed by atoms with Crippen LogP contribution in [0.5, 0.6) is 0 Å². The van der Waals surface area contributed by atoms with Crippen LogP contribution < -0.4 is 16.0 Å². The van der Waals surface area contributed by atoms with Crippen LogP contribution >= 0.6 is 35.0 Å². The zero-order valence-electron chi connectivity index (χ0n) is 14.8. The van der Waals surface area contributed by atoms with Crippen molar-refractivity contribution in [1.29, 1.82) is 0 Å². The highest BCUT2D eigenvalue weighted by atomic mass is 35.5. The fourth-order valence-electron chi connectivity index (χ4n) is 2.61. The number of carbonyl (C=O) groups excluding carboxylic acids is 3. The van der Waals surface area contributed by atoms with E-state index in [0.717, 1.165) is 10.5 Å². The normalized spacial score (nSPS) is 15.4. The maximum Gasteiger partial charge on any atom is 0.243 e. The lowest BCUT2D eigenvalue weighted by molar-refractivity contribution is -0.125. The Labute approximate surface area is 176 Å². The van der Waals surface area contributed by atoms with E-state index < -0.39 is 5.25 Å². The van der Waals surface area contributed by atoms with Crippen LogP contribution in [0.3, 0.4) is 0 Å². The van der Waals surface area contributed by atoms with Gasteiger partial charge in [0.2, 0.25) is 17.7 Å². The fraction of sp³-hybridized carbons (Fsp3) is 0.211. The highest BCUT2D eigenvalue weighted by Gasteiger charge is 2.29. The molecule has 0 spiro atoms. The van der Waals surface area contributed by atoms with Gasteiger partial charge >= 0.3 is 0 Å². The van der Waals surface area contributed by atoms with E-state index in [1.54, 1.807) is 43.3 Å². The highest BCUT2D eigenvalue weighted by Crippen LogP contribution is 2.38. The minimum Gasteiger partial charge on any atom is -0.347 e. The number of rotatable bonds is 5. The maximum atomic E-state index is 12.2. The molecule has 3 amide bonds. The molecular weight excluding hydrogens is 421 g/mol. The topological polar surface area (TPSA) is 87.3 Å². The van der Waals surface area contributed by atoms with Crippen LogP contribution in [-0.4, -0.2) is 29.5 Å². The Morgan fingerprint density at radius 2 is 1.96 bits per heavy atom. The summed E-state index contributed by atoms with van der Waals surface area (Å²) in [5.41, 5.74) is 1.97. The summed E-state index contributed by atoms with van der Waals surface area (Å²) < 4.78 is 0. The second kappa shape index (κ2) is 8.86. The van der Waals surface area contributed by atoms with Gasteiger partial charge in [0.15, 0.2) is 0 Å². The predicted octanol–water partition coefficient (Wildman–Crippen LogP) is 3.86. The van der Waals surface area contributed by atoms with Crippen molar-refractivity contribution in [1.82, 2.24) is 5.32 Å². The molecule has 2 aromatic rings. The lowest BCUT2D eigenvalue weighted by atomic mass is 10.2. The van der Waals surface area contributed by atoms with Crippen molar-refractivity contribution in [3.63, 3.8) is 0 Å². The van der Waals surface area contributed by atoms with Gasteiger partial charge in [0.1, 0.15) is 0 Å². The minimum atomic E-state index is -0.577. The highest BCUT2D eigenvalue weighted by molar-refractivity contribution is 8.01. The Balaban J connectivity index is 1.51. The zero-order valence-corrected chi connectivity index (χ0v) is 17.2. The number of anilines is 2. The van der Waals surface area contributed by atoms with Crippen molar-refractivity contribution in [2.75, 3.05) is 17.2 Å². The van der Waals surface area contributed by atoms with Crippen LogP contribution in [0.15, 0.2) is 41.3 Å². The second-order valence-corrected chi connectivity index (χ2v) is 8.27. The number of hydrogen-bond donors (Lipinski definition) is 3. The van der Waals surface area contributed by atoms with Crippen molar-refractivity contribution in [3.8, 4) is 0 Å². The quantitative estimate of drug-likeness (QED) is 0.662. The van der Waals surface area contributed by atoms with Gasteiger partial charge in [0.05, 0.1) is 17.5 Å². The Hall–Kier alpha value is -2.22. The van der Waals surface area contributed by atoms with E-state index in [9.17, 15) is 14.4 Å². The SMILES string of the molecule is Cc1c(Cl)cccc1NC(=O)CNC(=O)CC1Sc2ccc(Cl)cc2NC1=O. The molecule has 1 heterocycles. The van der Waals surface area contributed by atoms with E-state index in [2.05, 4.69) is 16.0 Å². The summed E-state index contributed by atoms with van der Waals surface area (Å²) in [6, 6.07) is 10.4. The number of fused-ring (bicyclic) bond motifs is 1. The molecule has 3 rings (SSSR count). The number of nitrogens with one attached hydrogen (secondary N) is 3. The van der Waals surface area contributed by atoms with Gasteiger partial charge in [0.25, 0.3) is 0 Å². The molecule has 0 saturated heterocycles. The molecule has 3 N–H and O–H groups in total. The summed E-state index contributed by atoms with van der Waals surface area (Å²) in [5.74, 6) is -1.03. The van der Waals surface area contributed by atoms with Gasteiger partial charge < -0.3 is 16.0 Å². The maximum absolute atomic E-state index is 12.2. The summed E-state index contributed by atoms with van der Waals surface area (Å²) in [7, 11) is 0. The summed E-state index contributed by atoms with van der Waals surface area (Å²) in [5, 5.41) is 8.48. The molecule has 1 unspecified atom stereocenters. The predicted molar refractivity (Wildman–Crippen MR) is 112 cm³/mol. The summed E-state index contributed by atoms with van der Waals surface area (Å²) in [6.07, 6.45) is -0.0396. The molecule has 1 aliphatic heterocycles. The van der Waals surface area contributed by atoms with Crippen LogP contribution in [-0.2, 0) is 14.4 Å². The Bertz CT molecular complexity index is 952. The zero-order chi connectivity index (χ0) is 20.3. The Morgan fingerprint density at radius 3 is 2.75 bits per heavy atom.